The van der Waals surface area contributed by atoms with Crippen molar-refractivity contribution in [2.75, 3.05) is 14.2 Å². The SMILES string of the molecule is COc1ccc(Cc2cc(S(N)(=O)=O)c(C)c(I)c2Cc2ccc(OC)cc2)cc1. The van der Waals surface area contributed by atoms with Gasteiger partial charge >= 0.3 is 0 Å². The highest BCUT2D eigenvalue weighted by molar-refractivity contribution is 14.1. The molecule has 0 aliphatic heterocycles. The van der Waals surface area contributed by atoms with Crippen LogP contribution in [0.4, 0.5) is 0 Å². The number of hydrogen-bond acceptors (Lipinski definition) is 4. The molecule has 3 aromatic rings. The van der Waals surface area contributed by atoms with E-state index in [-0.39, 0.29) is 4.90 Å². The minimum Gasteiger partial charge on any atom is -0.497 e. The molecule has 2 N–H and O–H groups in total. The smallest absolute Gasteiger partial charge is 0.238 e. The quantitative estimate of drug-likeness (QED) is 0.452. The summed E-state index contributed by atoms with van der Waals surface area (Å²) in [6, 6.07) is 17.4. The summed E-state index contributed by atoms with van der Waals surface area (Å²) in [6.07, 6.45) is 1.27. The lowest BCUT2D eigenvalue weighted by Gasteiger charge is -2.18. The van der Waals surface area contributed by atoms with Crippen LogP contribution < -0.4 is 14.6 Å². The van der Waals surface area contributed by atoms with Gasteiger partial charge in [0.05, 0.1) is 19.1 Å². The summed E-state index contributed by atoms with van der Waals surface area (Å²) in [5, 5.41) is 5.50. The van der Waals surface area contributed by atoms with Crippen LogP contribution >= 0.6 is 22.6 Å². The first-order valence-electron chi connectivity index (χ1n) is 9.32. The summed E-state index contributed by atoms with van der Waals surface area (Å²) in [4.78, 5) is 0.175. The number of benzene rings is 3. The van der Waals surface area contributed by atoms with Gasteiger partial charge in [-0.25, -0.2) is 13.6 Å². The lowest BCUT2D eigenvalue weighted by atomic mass is 9.93. The van der Waals surface area contributed by atoms with Gasteiger partial charge in [-0.05, 0) is 101 Å². The van der Waals surface area contributed by atoms with Gasteiger partial charge < -0.3 is 9.47 Å². The topological polar surface area (TPSA) is 78.6 Å². The van der Waals surface area contributed by atoms with Crippen LogP contribution in [-0.4, -0.2) is 22.6 Å². The molecule has 0 saturated heterocycles. The predicted octanol–water partition coefficient (Wildman–Crippen LogP) is 4.45. The average molecular weight is 537 g/mol. The van der Waals surface area contributed by atoms with Crippen LogP contribution in [0.5, 0.6) is 11.5 Å². The predicted molar refractivity (Wildman–Crippen MR) is 127 cm³/mol. The molecule has 0 aromatic heterocycles. The lowest BCUT2D eigenvalue weighted by Crippen LogP contribution is -2.16. The van der Waals surface area contributed by atoms with Gasteiger partial charge in [0.25, 0.3) is 0 Å². The molecule has 0 aliphatic carbocycles. The molecule has 0 aliphatic rings. The average Bonchev–Trinajstić information content (AvgIpc) is 2.73. The Labute approximate surface area is 191 Å². The molecule has 5 nitrogen and oxygen atoms in total. The highest BCUT2D eigenvalue weighted by Crippen LogP contribution is 2.31. The Morgan fingerprint density at radius 3 is 1.77 bits per heavy atom. The van der Waals surface area contributed by atoms with E-state index in [0.717, 1.165) is 37.3 Å². The first-order valence-corrected chi connectivity index (χ1v) is 11.9. The maximum absolute atomic E-state index is 12.2. The van der Waals surface area contributed by atoms with Crippen molar-refractivity contribution in [3.05, 3.63) is 86.0 Å². The van der Waals surface area contributed by atoms with E-state index < -0.39 is 10.0 Å². The van der Waals surface area contributed by atoms with E-state index >= 15 is 0 Å². The Balaban J connectivity index is 2.08. The third-order valence-corrected chi connectivity index (χ3v) is 7.55. The van der Waals surface area contributed by atoms with Crippen LogP contribution in [0.2, 0.25) is 0 Å². The van der Waals surface area contributed by atoms with E-state index in [4.69, 9.17) is 14.6 Å². The summed E-state index contributed by atoms with van der Waals surface area (Å²) in [7, 11) is -0.555. The Morgan fingerprint density at radius 2 is 1.33 bits per heavy atom. The molecule has 3 aromatic carbocycles. The van der Waals surface area contributed by atoms with Gasteiger partial charge in [0.1, 0.15) is 11.5 Å². The molecule has 0 saturated carbocycles. The molecule has 30 heavy (non-hydrogen) atoms. The summed E-state index contributed by atoms with van der Waals surface area (Å²) in [6.45, 7) is 1.80. The van der Waals surface area contributed by atoms with Crippen molar-refractivity contribution in [3.63, 3.8) is 0 Å². The van der Waals surface area contributed by atoms with E-state index in [0.29, 0.717) is 18.4 Å². The summed E-state index contributed by atoms with van der Waals surface area (Å²) < 4.78 is 35.7. The first kappa shape index (κ1) is 22.6. The largest absolute Gasteiger partial charge is 0.497 e. The zero-order valence-electron chi connectivity index (χ0n) is 17.1. The molecular weight excluding hydrogens is 513 g/mol. The van der Waals surface area contributed by atoms with Gasteiger partial charge in [-0.2, -0.15) is 0 Å². The molecule has 0 heterocycles. The maximum atomic E-state index is 12.2. The van der Waals surface area contributed by atoms with E-state index in [1.807, 2.05) is 48.5 Å². The molecule has 0 amide bonds. The lowest BCUT2D eigenvalue weighted by molar-refractivity contribution is 0.414. The molecular formula is C23H24INO4S. The molecule has 0 atom stereocenters. The molecule has 7 heteroatoms. The molecule has 0 radical (unpaired) electrons. The molecule has 0 spiro atoms. The van der Waals surface area contributed by atoms with Crippen molar-refractivity contribution >= 4 is 32.6 Å². The van der Waals surface area contributed by atoms with Crippen molar-refractivity contribution in [2.45, 2.75) is 24.7 Å². The minimum absolute atomic E-state index is 0.175. The highest BCUT2D eigenvalue weighted by Gasteiger charge is 2.20. The van der Waals surface area contributed by atoms with Crippen LogP contribution in [0.3, 0.4) is 0 Å². The zero-order valence-corrected chi connectivity index (χ0v) is 20.1. The Hall–Kier alpha value is -2.10. The zero-order chi connectivity index (χ0) is 21.9. The fourth-order valence-corrected chi connectivity index (χ4v) is 5.23. The second kappa shape index (κ2) is 9.36. The third kappa shape index (κ3) is 5.14. The first-order chi connectivity index (χ1) is 14.2. The van der Waals surface area contributed by atoms with Gasteiger partial charge in [-0.1, -0.05) is 24.3 Å². The Morgan fingerprint density at radius 1 is 0.867 bits per heavy atom. The summed E-state index contributed by atoms with van der Waals surface area (Å²) in [5.74, 6) is 1.58. The van der Waals surface area contributed by atoms with Crippen molar-refractivity contribution in [1.29, 1.82) is 0 Å². The Bertz CT molecular complexity index is 1140. The number of hydrogen-bond donors (Lipinski definition) is 1. The van der Waals surface area contributed by atoms with Crippen molar-refractivity contribution in [1.82, 2.24) is 0 Å². The fraction of sp³-hybridized carbons (Fsp3) is 0.217. The maximum Gasteiger partial charge on any atom is 0.238 e. The van der Waals surface area contributed by atoms with Gasteiger partial charge in [-0.3, -0.25) is 0 Å². The number of ether oxygens (including phenoxy) is 2. The molecule has 158 valence electrons. The van der Waals surface area contributed by atoms with Gasteiger partial charge in [0, 0.05) is 3.57 Å². The normalized spacial score (nSPS) is 11.4. The fourth-order valence-electron chi connectivity index (χ4n) is 3.38. The number of halogens is 1. The van der Waals surface area contributed by atoms with Crippen LogP contribution in [0.1, 0.15) is 27.8 Å². The van der Waals surface area contributed by atoms with Gasteiger partial charge in [-0.15, -0.1) is 0 Å². The number of nitrogens with two attached hydrogens (primary N) is 1. The van der Waals surface area contributed by atoms with Crippen molar-refractivity contribution in [2.24, 2.45) is 5.14 Å². The second-order valence-corrected chi connectivity index (χ2v) is 9.65. The van der Waals surface area contributed by atoms with Crippen molar-refractivity contribution < 1.29 is 17.9 Å². The number of primary sulfonamides is 1. The van der Waals surface area contributed by atoms with E-state index in [2.05, 4.69) is 22.6 Å². The van der Waals surface area contributed by atoms with Gasteiger partial charge in [0.15, 0.2) is 0 Å². The minimum atomic E-state index is -3.82. The standard InChI is InChI=1S/C23H24INO4S/c1-15-22(30(25,26)27)14-18(12-16-4-8-19(28-2)9-5-16)21(23(15)24)13-17-6-10-20(29-3)11-7-17/h4-11,14H,12-13H2,1-3H3,(H2,25,26,27). The highest BCUT2D eigenvalue weighted by atomic mass is 127. The third-order valence-electron chi connectivity index (χ3n) is 5.06. The van der Waals surface area contributed by atoms with Crippen LogP contribution in [0.15, 0.2) is 59.5 Å². The molecule has 3 rings (SSSR count). The molecule has 0 fully saturated rings. The van der Waals surface area contributed by atoms with Crippen LogP contribution in [-0.2, 0) is 22.9 Å². The number of sulfonamides is 1. The van der Waals surface area contributed by atoms with Crippen molar-refractivity contribution in [3.8, 4) is 11.5 Å². The summed E-state index contributed by atoms with van der Waals surface area (Å²) >= 11 is 2.23. The number of methoxy groups -OCH3 is 2. The van der Waals surface area contributed by atoms with E-state index in [1.54, 1.807) is 27.2 Å². The molecule has 0 bridgehead atoms. The summed E-state index contributed by atoms with van der Waals surface area (Å²) in [5.41, 5.74) is 4.90. The second-order valence-electron chi connectivity index (χ2n) is 7.05. The van der Waals surface area contributed by atoms with Gasteiger partial charge in [0.2, 0.25) is 10.0 Å². The van der Waals surface area contributed by atoms with Crippen LogP contribution in [0.25, 0.3) is 0 Å². The molecule has 0 unspecified atom stereocenters. The van der Waals surface area contributed by atoms with Crippen LogP contribution in [0, 0.1) is 10.5 Å². The van der Waals surface area contributed by atoms with E-state index in [1.165, 1.54) is 0 Å². The number of rotatable bonds is 7. The van der Waals surface area contributed by atoms with E-state index in [9.17, 15) is 8.42 Å². The monoisotopic (exact) mass is 537 g/mol. The Kier molecular flexibility index (Phi) is 7.05.